The molecule has 2 N–H and O–H groups in total. The fraction of sp³-hybridized carbons (Fsp3) is 0.625. The molecule has 2 unspecified atom stereocenters. The maximum Gasteiger partial charge on any atom is 0.160 e. The third-order valence-electron chi connectivity index (χ3n) is 4.11. The first-order valence-electron chi connectivity index (χ1n) is 7.32. The van der Waals surface area contributed by atoms with Crippen LogP contribution in [-0.2, 0) is 6.54 Å². The highest BCUT2D eigenvalue weighted by Crippen LogP contribution is 2.28. The van der Waals surface area contributed by atoms with Gasteiger partial charge < -0.3 is 19.8 Å². The molecule has 0 aliphatic heterocycles. The lowest BCUT2D eigenvalue weighted by Gasteiger charge is -2.31. The van der Waals surface area contributed by atoms with Crippen molar-refractivity contribution in [1.82, 2.24) is 4.90 Å². The van der Waals surface area contributed by atoms with E-state index in [2.05, 4.69) is 11.9 Å². The van der Waals surface area contributed by atoms with E-state index in [0.29, 0.717) is 11.7 Å². The first kappa shape index (κ1) is 15.1. The molecule has 0 radical (unpaired) electrons. The van der Waals surface area contributed by atoms with Crippen LogP contribution in [0.25, 0.3) is 0 Å². The molecule has 0 amide bonds. The zero-order valence-electron chi connectivity index (χ0n) is 12.4. The van der Waals surface area contributed by atoms with E-state index in [0.717, 1.165) is 37.9 Å². The van der Waals surface area contributed by atoms with Crippen LogP contribution in [-0.4, -0.2) is 41.9 Å². The van der Waals surface area contributed by atoms with Gasteiger partial charge in [-0.05, 0) is 43.5 Å². The number of aliphatic hydroxyl groups excluding tert-OH is 1. The molecular formula is C16H25NO3. The van der Waals surface area contributed by atoms with Crippen molar-refractivity contribution < 1.29 is 14.9 Å². The summed E-state index contributed by atoms with van der Waals surface area (Å²) in [5.41, 5.74) is 1.05. The Morgan fingerprint density at radius 1 is 1.30 bits per heavy atom. The van der Waals surface area contributed by atoms with Crippen molar-refractivity contribution in [3.05, 3.63) is 23.8 Å². The van der Waals surface area contributed by atoms with Gasteiger partial charge in [-0.15, -0.1) is 0 Å². The fourth-order valence-electron chi connectivity index (χ4n) is 3.01. The summed E-state index contributed by atoms with van der Waals surface area (Å²) >= 11 is 0. The fourth-order valence-corrected chi connectivity index (χ4v) is 3.01. The molecule has 1 saturated carbocycles. The number of hydrogen-bond donors (Lipinski definition) is 2. The summed E-state index contributed by atoms with van der Waals surface area (Å²) in [5, 5.41) is 19.8. The highest BCUT2D eigenvalue weighted by atomic mass is 16.5. The molecule has 112 valence electrons. The zero-order valence-corrected chi connectivity index (χ0v) is 12.4. The molecule has 1 aliphatic rings. The number of phenolic OH excluding ortho intramolecular Hbond substituents is 1. The van der Waals surface area contributed by atoms with Gasteiger partial charge in [0, 0.05) is 13.1 Å². The van der Waals surface area contributed by atoms with E-state index in [9.17, 15) is 10.2 Å². The van der Waals surface area contributed by atoms with Gasteiger partial charge in [0.2, 0.25) is 0 Å². The molecule has 4 nitrogen and oxygen atoms in total. The molecule has 0 bridgehead atoms. The molecule has 1 aromatic rings. The lowest BCUT2D eigenvalue weighted by atomic mass is 9.86. The van der Waals surface area contributed by atoms with Crippen LogP contribution >= 0.6 is 0 Å². The Bertz CT molecular complexity index is 436. The zero-order chi connectivity index (χ0) is 14.5. The maximum atomic E-state index is 10.0. The Morgan fingerprint density at radius 2 is 2.05 bits per heavy atom. The van der Waals surface area contributed by atoms with E-state index in [1.54, 1.807) is 19.2 Å². The minimum Gasteiger partial charge on any atom is -0.504 e. The Morgan fingerprint density at radius 3 is 2.70 bits per heavy atom. The molecule has 1 aliphatic carbocycles. The van der Waals surface area contributed by atoms with Crippen molar-refractivity contribution in [3.63, 3.8) is 0 Å². The Balaban J connectivity index is 1.90. The molecule has 0 spiro atoms. The monoisotopic (exact) mass is 279 g/mol. The summed E-state index contributed by atoms with van der Waals surface area (Å²) in [4.78, 5) is 2.21. The SMILES string of the molecule is COc1ccc(CN(C)CC2CCCCC2O)cc1O. The third kappa shape index (κ3) is 3.87. The first-order valence-corrected chi connectivity index (χ1v) is 7.32. The molecule has 0 heterocycles. The van der Waals surface area contributed by atoms with E-state index in [4.69, 9.17) is 4.74 Å². The van der Waals surface area contributed by atoms with Gasteiger partial charge in [-0.3, -0.25) is 0 Å². The van der Waals surface area contributed by atoms with Gasteiger partial charge in [-0.25, -0.2) is 0 Å². The van der Waals surface area contributed by atoms with Crippen LogP contribution in [0.1, 0.15) is 31.2 Å². The van der Waals surface area contributed by atoms with Gasteiger partial charge in [0.15, 0.2) is 11.5 Å². The summed E-state index contributed by atoms with van der Waals surface area (Å²) in [6, 6.07) is 5.49. The van der Waals surface area contributed by atoms with Crippen LogP contribution in [0.4, 0.5) is 0 Å². The number of benzene rings is 1. The van der Waals surface area contributed by atoms with Crippen molar-refractivity contribution >= 4 is 0 Å². The number of rotatable bonds is 5. The second-order valence-electron chi connectivity index (χ2n) is 5.81. The van der Waals surface area contributed by atoms with Gasteiger partial charge in [0.1, 0.15) is 0 Å². The largest absolute Gasteiger partial charge is 0.504 e. The lowest BCUT2D eigenvalue weighted by Crippen LogP contribution is -2.34. The van der Waals surface area contributed by atoms with Gasteiger partial charge in [-0.1, -0.05) is 18.9 Å². The summed E-state index contributed by atoms with van der Waals surface area (Å²) in [5.74, 6) is 1.05. The smallest absolute Gasteiger partial charge is 0.160 e. The number of aromatic hydroxyl groups is 1. The molecular weight excluding hydrogens is 254 g/mol. The highest BCUT2D eigenvalue weighted by molar-refractivity contribution is 5.41. The molecule has 2 rings (SSSR count). The average Bonchev–Trinajstić information content (AvgIpc) is 2.41. The van der Waals surface area contributed by atoms with Gasteiger partial charge >= 0.3 is 0 Å². The van der Waals surface area contributed by atoms with E-state index in [-0.39, 0.29) is 11.9 Å². The lowest BCUT2D eigenvalue weighted by molar-refractivity contribution is 0.0501. The predicted molar refractivity (Wildman–Crippen MR) is 79.0 cm³/mol. The Kier molecular flexibility index (Phi) is 5.26. The number of nitrogens with zero attached hydrogens (tertiary/aromatic N) is 1. The molecule has 0 saturated heterocycles. The Labute approximate surface area is 121 Å². The minimum atomic E-state index is -0.157. The normalized spacial score (nSPS) is 23.0. The van der Waals surface area contributed by atoms with Crippen molar-refractivity contribution in [2.45, 2.75) is 38.3 Å². The van der Waals surface area contributed by atoms with E-state index < -0.39 is 0 Å². The van der Waals surface area contributed by atoms with E-state index >= 15 is 0 Å². The Hall–Kier alpha value is -1.26. The van der Waals surface area contributed by atoms with Crippen LogP contribution in [0.5, 0.6) is 11.5 Å². The minimum absolute atomic E-state index is 0.157. The maximum absolute atomic E-state index is 10.0. The standard InChI is InChI=1S/C16H25NO3/c1-17(11-13-5-3-4-6-14(13)18)10-12-7-8-16(20-2)15(19)9-12/h7-9,13-14,18-19H,3-6,10-11H2,1-2H3. The van der Waals surface area contributed by atoms with Crippen LogP contribution in [0.2, 0.25) is 0 Å². The van der Waals surface area contributed by atoms with Gasteiger partial charge in [-0.2, -0.15) is 0 Å². The summed E-state index contributed by atoms with van der Waals surface area (Å²) in [6.07, 6.45) is 4.25. The summed E-state index contributed by atoms with van der Waals surface area (Å²) in [7, 11) is 3.61. The van der Waals surface area contributed by atoms with Crippen molar-refractivity contribution in [1.29, 1.82) is 0 Å². The molecule has 4 heteroatoms. The van der Waals surface area contributed by atoms with Crippen LogP contribution in [0.15, 0.2) is 18.2 Å². The predicted octanol–water partition coefficient (Wildman–Crippen LogP) is 2.38. The van der Waals surface area contributed by atoms with Crippen molar-refractivity contribution in [3.8, 4) is 11.5 Å². The second-order valence-corrected chi connectivity index (χ2v) is 5.81. The van der Waals surface area contributed by atoms with Crippen LogP contribution < -0.4 is 4.74 Å². The molecule has 1 fully saturated rings. The topological polar surface area (TPSA) is 52.9 Å². The first-order chi connectivity index (χ1) is 9.60. The number of hydrogen-bond acceptors (Lipinski definition) is 4. The summed E-state index contributed by atoms with van der Waals surface area (Å²) in [6.45, 7) is 1.66. The number of ether oxygens (including phenoxy) is 1. The van der Waals surface area contributed by atoms with E-state index in [1.165, 1.54) is 6.42 Å². The average molecular weight is 279 g/mol. The molecule has 20 heavy (non-hydrogen) atoms. The van der Waals surface area contributed by atoms with E-state index in [1.807, 2.05) is 6.07 Å². The molecule has 2 atom stereocenters. The third-order valence-corrected chi connectivity index (χ3v) is 4.11. The second kappa shape index (κ2) is 6.95. The van der Waals surface area contributed by atoms with Crippen LogP contribution in [0, 0.1) is 5.92 Å². The summed E-state index contributed by atoms with van der Waals surface area (Å²) < 4.78 is 5.04. The van der Waals surface area contributed by atoms with Gasteiger partial charge in [0.05, 0.1) is 13.2 Å². The molecule has 0 aromatic heterocycles. The number of phenols is 1. The van der Waals surface area contributed by atoms with Crippen LogP contribution in [0.3, 0.4) is 0 Å². The number of methoxy groups -OCH3 is 1. The molecule has 1 aromatic carbocycles. The van der Waals surface area contributed by atoms with Gasteiger partial charge in [0.25, 0.3) is 0 Å². The van der Waals surface area contributed by atoms with Crippen molar-refractivity contribution in [2.75, 3.05) is 20.7 Å². The number of aliphatic hydroxyl groups is 1. The highest BCUT2D eigenvalue weighted by Gasteiger charge is 2.24. The quantitative estimate of drug-likeness (QED) is 0.869. The van der Waals surface area contributed by atoms with Crippen molar-refractivity contribution in [2.24, 2.45) is 5.92 Å².